The molecule has 0 unspecified atom stereocenters. The van der Waals surface area contributed by atoms with Crippen molar-refractivity contribution >= 4 is 46.6 Å². The van der Waals surface area contributed by atoms with Crippen molar-refractivity contribution < 1.29 is 29.0 Å². The van der Waals surface area contributed by atoms with E-state index in [2.05, 4.69) is 0 Å². The first-order valence-electron chi connectivity index (χ1n) is 6.86. The van der Waals surface area contributed by atoms with Gasteiger partial charge in [-0.25, -0.2) is 4.79 Å². The minimum Gasteiger partial charge on any atom is -0.490 e. The second-order valence-corrected chi connectivity index (χ2v) is 6.09. The number of halogens is 1. The van der Waals surface area contributed by atoms with Gasteiger partial charge in [-0.1, -0.05) is 11.6 Å². The van der Waals surface area contributed by atoms with Crippen LogP contribution in [0.2, 0.25) is 5.02 Å². The zero-order chi connectivity index (χ0) is 17.9. The van der Waals surface area contributed by atoms with Crippen molar-refractivity contribution in [2.24, 2.45) is 0 Å². The molecule has 0 aliphatic carbocycles. The molecule has 2 rings (SSSR count). The van der Waals surface area contributed by atoms with Crippen molar-refractivity contribution in [1.82, 2.24) is 4.90 Å². The molecule has 0 atom stereocenters. The number of amides is 2. The van der Waals surface area contributed by atoms with Crippen LogP contribution in [-0.4, -0.2) is 47.4 Å². The topological polar surface area (TPSA) is 93.1 Å². The van der Waals surface area contributed by atoms with Gasteiger partial charge in [-0.2, -0.15) is 0 Å². The second-order valence-electron chi connectivity index (χ2n) is 4.69. The van der Waals surface area contributed by atoms with E-state index < -0.39 is 18.5 Å². The predicted octanol–water partition coefficient (Wildman–Crippen LogP) is 2.87. The van der Waals surface area contributed by atoms with Gasteiger partial charge in [-0.15, -0.1) is 0 Å². The first-order valence-corrected chi connectivity index (χ1v) is 8.05. The Morgan fingerprint density at radius 2 is 2.08 bits per heavy atom. The standard InChI is InChI=1S/C15H14ClNO6S/c1-3-22-10-5-8(4-9(16)13(10)23-7-12(18)19)6-11-14(20)17(2)15(21)24-11/h4-6H,3,7H2,1-2H3,(H,18,19)/b11-6-. The summed E-state index contributed by atoms with van der Waals surface area (Å²) in [6.45, 7) is 1.51. The van der Waals surface area contributed by atoms with Crippen LogP contribution in [0.25, 0.3) is 6.08 Å². The molecule has 1 fully saturated rings. The van der Waals surface area contributed by atoms with Gasteiger partial charge in [0.2, 0.25) is 0 Å². The van der Waals surface area contributed by atoms with Gasteiger partial charge in [0, 0.05) is 7.05 Å². The number of rotatable bonds is 6. The van der Waals surface area contributed by atoms with Gasteiger partial charge in [0.25, 0.3) is 11.1 Å². The normalized spacial score (nSPS) is 16.0. The second kappa shape index (κ2) is 7.59. The molecule has 24 heavy (non-hydrogen) atoms. The number of carbonyl (C=O) groups excluding carboxylic acids is 2. The molecule has 1 aliphatic heterocycles. The first kappa shape index (κ1) is 18.2. The van der Waals surface area contributed by atoms with E-state index in [-0.39, 0.29) is 26.7 Å². The summed E-state index contributed by atoms with van der Waals surface area (Å²) in [4.78, 5) is 35.4. The number of carboxylic acids is 1. The fourth-order valence-electron chi connectivity index (χ4n) is 1.91. The summed E-state index contributed by atoms with van der Waals surface area (Å²) < 4.78 is 10.6. The number of hydrogen-bond acceptors (Lipinski definition) is 6. The molecule has 1 saturated heterocycles. The number of imide groups is 1. The van der Waals surface area contributed by atoms with E-state index in [0.717, 1.165) is 16.7 Å². The predicted molar refractivity (Wildman–Crippen MR) is 89.5 cm³/mol. The molecular formula is C15H14ClNO6S. The third-order valence-corrected chi connectivity index (χ3v) is 4.20. The summed E-state index contributed by atoms with van der Waals surface area (Å²) in [5.41, 5.74) is 0.532. The maximum absolute atomic E-state index is 11.9. The van der Waals surface area contributed by atoms with Crippen molar-refractivity contribution in [1.29, 1.82) is 0 Å². The summed E-state index contributed by atoms with van der Waals surface area (Å²) in [5, 5.41) is 8.50. The smallest absolute Gasteiger partial charge is 0.341 e. The van der Waals surface area contributed by atoms with Crippen molar-refractivity contribution in [3.63, 3.8) is 0 Å². The van der Waals surface area contributed by atoms with Gasteiger partial charge < -0.3 is 14.6 Å². The molecule has 1 heterocycles. The highest BCUT2D eigenvalue weighted by molar-refractivity contribution is 8.18. The number of carboxylic acid groups (broad SMARTS) is 1. The highest BCUT2D eigenvalue weighted by atomic mass is 35.5. The third-order valence-electron chi connectivity index (χ3n) is 2.96. The molecule has 0 bridgehead atoms. The van der Waals surface area contributed by atoms with Gasteiger partial charge >= 0.3 is 5.97 Å². The highest BCUT2D eigenvalue weighted by Gasteiger charge is 2.31. The van der Waals surface area contributed by atoms with Gasteiger partial charge in [-0.05, 0) is 42.5 Å². The Morgan fingerprint density at radius 1 is 1.38 bits per heavy atom. The van der Waals surface area contributed by atoms with E-state index in [1.54, 1.807) is 13.0 Å². The maximum atomic E-state index is 11.9. The molecule has 1 aromatic carbocycles. The number of nitrogens with zero attached hydrogens (tertiary/aromatic N) is 1. The first-order chi connectivity index (χ1) is 11.3. The van der Waals surface area contributed by atoms with Crippen LogP contribution < -0.4 is 9.47 Å². The number of benzene rings is 1. The van der Waals surface area contributed by atoms with Crippen LogP contribution in [0.5, 0.6) is 11.5 Å². The largest absolute Gasteiger partial charge is 0.490 e. The average molecular weight is 372 g/mol. The molecule has 2 amide bonds. The van der Waals surface area contributed by atoms with Crippen molar-refractivity contribution in [3.8, 4) is 11.5 Å². The molecule has 0 saturated carbocycles. The zero-order valence-corrected chi connectivity index (χ0v) is 14.4. The summed E-state index contributed by atoms with van der Waals surface area (Å²) in [6, 6.07) is 3.07. The van der Waals surface area contributed by atoms with Gasteiger partial charge in [0.05, 0.1) is 16.5 Å². The summed E-state index contributed by atoms with van der Waals surface area (Å²) in [5.74, 6) is -1.17. The minimum atomic E-state index is -1.14. The molecule has 128 valence electrons. The SMILES string of the molecule is CCOc1cc(/C=C2\SC(=O)N(C)C2=O)cc(Cl)c1OCC(=O)O. The molecule has 7 nitrogen and oxygen atoms in total. The Balaban J connectivity index is 2.37. The molecule has 9 heteroatoms. The van der Waals surface area contributed by atoms with E-state index >= 15 is 0 Å². The van der Waals surface area contributed by atoms with Crippen molar-refractivity contribution in [2.45, 2.75) is 6.92 Å². The summed E-state index contributed by atoms with van der Waals surface area (Å²) in [7, 11) is 1.40. The highest BCUT2D eigenvalue weighted by Crippen LogP contribution is 2.38. The van der Waals surface area contributed by atoms with Crippen LogP contribution in [0.15, 0.2) is 17.0 Å². The fourth-order valence-corrected chi connectivity index (χ4v) is 3.01. The third kappa shape index (κ3) is 4.01. The molecule has 1 aliphatic rings. The van der Waals surface area contributed by atoms with Crippen LogP contribution in [0.4, 0.5) is 4.79 Å². The lowest BCUT2D eigenvalue weighted by Crippen LogP contribution is -2.22. The molecule has 1 N–H and O–H groups in total. The molecule has 0 radical (unpaired) electrons. The molecule has 0 aromatic heterocycles. The van der Waals surface area contributed by atoms with Gasteiger partial charge in [0.15, 0.2) is 18.1 Å². The van der Waals surface area contributed by atoms with Crippen molar-refractivity contribution in [2.75, 3.05) is 20.3 Å². The maximum Gasteiger partial charge on any atom is 0.341 e. The Kier molecular flexibility index (Phi) is 5.74. The number of aliphatic carboxylic acids is 1. The van der Waals surface area contributed by atoms with E-state index in [1.165, 1.54) is 19.2 Å². The quantitative estimate of drug-likeness (QED) is 0.768. The number of likely N-dealkylation sites (N-methyl/N-ethyl adjacent to an activating group) is 1. The monoisotopic (exact) mass is 371 g/mol. The zero-order valence-electron chi connectivity index (χ0n) is 12.9. The van der Waals surface area contributed by atoms with Crippen LogP contribution in [-0.2, 0) is 9.59 Å². The summed E-state index contributed by atoms with van der Waals surface area (Å²) in [6.07, 6.45) is 1.52. The Labute approximate surface area is 147 Å². The van der Waals surface area contributed by atoms with Crippen LogP contribution in [0.3, 0.4) is 0 Å². The van der Waals surface area contributed by atoms with Crippen molar-refractivity contribution in [3.05, 3.63) is 27.6 Å². The number of hydrogen-bond donors (Lipinski definition) is 1. The lowest BCUT2D eigenvalue weighted by Gasteiger charge is -2.13. The molecule has 0 spiro atoms. The van der Waals surface area contributed by atoms with Crippen LogP contribution in [0.1, 0.15) is 12.5 Å². The Hall–Kier alpha value is -2.19. The Bertz CT molecular complexity index is 733. The molecule has 1 aromatic rings. The fraction of sp³-hybridized carbons (Fsp3) is 0.267. The lowest BCUT2D eigenvalue weighted by atomic mass is 10.1. The van der Waals surface area contributed by atoms with E-state index in [9.17, 15) is 14.4 Å². The average Bonchev–Trinajstić information content (AvgIpc) is 2.74. The number of ether oxygens (including phenoxy) is 2. The minimum absolute atomic E-state index is 0.113. The van der Waals surface area contributed by atoms with Gasteiger partial charge in [-0.3, -0.25) is 14.5 Å². The van der Waals surface area contributed by atoms with E-state index in [4.69, 9.17) is 26.2 Å². The van der Waals surface area contributed by atoms with Crippen LogP contribution in [0, 0.1) is 0 Å². The van der Waals surface area contributed by atoms with Gasteiger partial charge in [0.1, 0.15) is 0 Å². The van der Waals surface area contributed by atoms with E-state index in [1.807, 2.05) is 0 Å². The number of thioether (sulfide) groups is 1. The number of carbonyl (C=O) groups is 3. The van der Waals surface area contributed by atoms with Crippen LogP contribution >= 0.6 is 23.4 Å². The lowest BCUT2D eigenvalue weighted by molar-refractivity contribution is -0.139. The molecular weight excluding hydrogens is 358 g/mol. The van der Waals surface area contributed by atoms with E-state index in [0.29, 0.717) is 12.2 Å². The Morgan fingerprint density at radius 3 is 2.62 bits per heavy atom. The summed E-state index contributed by atoms with van der Waals surface area (Å²) >= 11 is 6.96.